The Hall–Kier alpha value is -2.56. The first-order chi connectivity index (χ1) is 11.6. The molecule has 2 rings (SSSR count). The summed E-state index contributed by atoms with van der Waals surface area (Å²) in [5.74, 6) is -0.255. The highest BCUT2D eigenvalue weighted by molar-refractivity contribution is 5.89. The summed E-state index contributed by atoms with van der Waals surface area (Å²) in [5.41, 5.74) is 0. The van der Waals surface area contributed by atoms with Crippen molar-refractivity contribution in [2.24, 2.45) is 0 Å². The first kappa shape index (κ1) is 17.8. The number of fused-ring (bicyclic) bond motifs is 1. The first-order valence-corrected chi connectivity index (χ1v) is 8.22. The van der Waals surface area contributed by atoms with Crippen molar-refractivity contribution in [2.75, 3.05) is 6.54 Å². The molecule has 0 bridgehead atoms. The van der Waals surface area contributed by atoms with E-state index in [0.717, 1.165) is 23.6 Å². The van der Waals surface area contributed by atoms with E-state index in [1.54, 1.807) is 6.92 Å². The van der Waals surface area contributed by atoms with E-state index in [2.05, 4.69) is 5.32 Å². The summed E-state index contributed by atoms with van der Waals surface area (Å²) in [7, 11) is 0. The number of hydrogen-bond acceptors (Lipinski definition) is 3. The van der Waals surface area contributed by atoms with E-state index in [1.165, 1.54) is 0 Å². The Kier molecular flexibility index (Phi) is 6.61. The van der Waals surface area contributed by atoms with Crippen molar-refractivity contribution in [1.82, 2.24) is 5.32 Å². The Morgan fingerprint density at radius 1 is 1.08 bits per heavy atom. The van der Waals surface area contributed by atoms with Crippen LogP contribution < -0.4 is 10.1 Å². The number of carbonyl (C=O) groups is 2. The van der Waals surface area contributed by atoms with Gasteiger partial charge in [-0.3, -0.25) is 9.59 Å². The fraction of sp³-hybridized carbons (Fsp3) is 0.368. The molecule has 0 aliphatic rings. The van der Waals surface area contributed by atoms with Crippen molar-refractivity contribution < 1.29 is 19.4 Å². The molecule has 0 aromatic heterocycles. The van der Waals surface area contributed by atoms with Crippen molar-refractivity contribution in [1.29, 1.82) is 0 Å². The topological polar surface area (TPSA) is 75.6 Å². The molecule has 0 radical (unpaired) electrons. The summed E-state index contributed by atoms with van der Waals surface area (Å²) < 4.78 is 5.81. The Bertz CT molecular complexity index is 693. The van der Waals surface area contributed by atoms with Crippen LogP contribution in [-0.4, -0.2) is 29.6 Å². The van der Waals surface area contributed by atoms with Crippen molar-refractivity contribution in [3.63, 3.8) is 0 Å². The van der Waals surface area contributed by atoms with Gasteiger partial charge >= 0.3 is 5.97 Å². The SMILES string of the molecule is CC(Oc1cccc2ccccc12)C(=O)NCCCCCC(=O)O. The molecule has 2 N–H and O–H groups in total. The van der Waals surface area contributed by atoms with Crippen molar-refractivity contribution in [3.05, 3.63) is 42.5 Å². The molecule has 0 aliphatic carbocycles. The number of amides is 1. The Morgan fingerprint density at radius 2 is 1.83 bits per heavy atom. The second kappa shape index (κ2) is 8.91. The average Bonchev–Trinajstić information content (AvgIpc) is 2.57. The summed E-state index contributed by atoms with van der Waals surface area (Å²) in [6.07, 6.45) is 1.77. The van der Waals surface area contributed by atoms with Crippen LogP contribution in [0.15, 0.2) is 42.5 Å². The molecular formula is C19H23NO4. The first-order valence-electron chi connectivity index (χ1n) is 8.22. The predicted octanol–water partition coefficient (Wildman–Crippen LogP) is 3.37. The van der Waals surface area contributed by atoms with Crippen LogP contribution in [0.3, 0.4) is 0 Å². The molecule has 0 saturated heterocycles. The van der Waals surface area contributed by atoms with Crippen molar-refractivity contribution >= 4 is 22.6 Å². The Balaban J connectivity index is 1.80. The highest BCUT2D eigenvalue weighted by Crippen LogP contribution is 2.25. The quantitative estimate of drug-likeness (QED) is 0.692. The minimum absolute atomic E-state index is 0.166. The molecule has 0 fully saturated rings. The molecular weight excluding hydrogens is 306 g/mol. The van der Waals surface area contributed by atoms with Gasteiger partial charge in [-0.2, -0.15) is 0 Å². The number of unbranched alkanes of at least 4 members (excludes halogenated alkanes) is 2. The molecule has 5 nitrogen and oxygen atoms in total. The van der Waals surface area contributed by atoms with Gasteiger partial charge in [0.15, 0.2) is 6.10 Å². The van der Waals surface area contributed by atoms with E-state index in [9.17, 15) is 9.59 Å². The third-order valence-corrected chi connectivity index (χ3v) is 3.79. The number of ether oxygens (including phenoxy) is 1. The summed E-state index contributed by atoms with van der Waals surface area (Å²) in [4.78, 5) is 22.5. The zero-order chi connectivity index (χ0) is 17.4. The van der Waals surface area contributed by atoms with E-state index in [0.29, 0.717) is 18.7 Å². The lowest BCUT2D eigenvalue weighted by atomic mass is 10.1. The van der Waals surface area contributed by atoms with Crippen LogP contribution >= 0.6 is 0 Å². The molecule has 2 aromatic rings. The number of carboxylic acids is 1. The number of nitrogens with one attached hydrogen (secondary N) is 1. The highest BCUT2D eigenvalue weighted by Gasteiger charge is 2.15. The molecule has 1 unspecified atom stereocenters. The fourth-order valence-corrected chi connectivity index (χ4v) is 2.48. The lowest BCUT2D eigenvalue weighted by Crippen LogP contribution is -2.36. The van der Waals surface area contributed by atoms with Gasteiger partial charge in [0, 0.05) is 18.4 Å². The van der Waals surface area contributed by atoms with Gasteiger partial charge in [-0.05, 0) is 31.2 Å². The largest absolute Gasteiger partial charge is 0.481 e. The third kappa shape index (κ3) is 5.26. The van der Waals surface area contributed by atoms with E-state index >= 15 is 0 Å². The van der Waals surface area contributed by atoms with Gasteiger partial charge in [0.2, 0.25) is 0 Å². The van der Waals surface area contributed by atoms with Crippen LogP contribution in [0.1, 0.15) is 32.6 Å². The lowest BCUT2D eigenvalue weighted by molar-refractivity contribution is -0.137. The van der Waals surface area contributed by atoms with Gasteiger partial charge in [0.05, 0.1) is 0 Å². The van der Waals surface area contributed by atoms with Gasteiger partial charge in [-0.1, -0.05) is 42.8 Å². The monoisotopic (exact) mass is 329 g/mol. The summed E-state index contributed by atoms with van der Waals surface area (Å²) in [5, 5.41) is 13.4. The van der Waals surface area contributed by atoms with Crippen LogP contribution in [0.4, 0.5) is 0 Å². The normalized spacial score (nSPS) is 11.9. The van der Waals surface area contributed by atoms with E-state index in [1.807, 2.05) is 42.5 Å². The van der Waals surface area contributed by atoms with Gasteiger partial charge in [-0.15, -0.1) is 0 Å². The molecule has 0 aliphatic heterocycles. The number of aliphatic carboxylic acids is 1. The number of benzene rings is 2. The third-order valence-electron chi connectivity index (χ3n) is 3.79. The summed E-state index contributed by atoms with van der Waals surface area (Å²) in [6, 6.07) is 13.7. The van der Waals surface area contributed by atoms with Gasteiger partial charge in [0.25, 0.3) is 5.91 Å². The number of carboxylic acid groups (broad SMARTS) is 1. The van der Waals surface area contributed by atoms with Crippen LogP contribution in [-0.2, 0) is 9.59 Å². The van der Waals surface area contributed by atoms with Crippen molar-refractivity contribution in [2.45, 2.75) is 38.7 Å². The molecule has 5 heteroatoms. The zero-order valence-corrected chi connectivity index (χ0v) is 13.8. The Labute approximate surface area is 141 Å². The van der Waals surface area contributed by atoms with Crippen LogP contribution in [0.2, 0.25) is 0 Å². The fourth-order valence-electron chi connectivity index (χ4n) is 2.48. The molecule has 0 saturated carbocycles. The van der Waals surface area contributed by atoms with E-state index < -0.39 is 12.1 Å². The standard InChI is InChI=1S/C19H23NO4/c1-14(19(23)20-13-6-2-3-12-18(21)22)24-17-11-7-9-15-8-4-5-10-16(15)17/h4-5,7-11,14H,2-3,6,12-13H2,1H3,(H,20,23)(H,21,22). The average molecular weight is 329 g/mol. The zero-order valence-electron chi connectivity index (χ0n) is 13.8. The van der Waals surface area contributed by atoms with Crippen LogP contribution in [0, 0.1) is 0 Å². The van der Waals surface area contributed by atoms with Gasteiger partial charge in [0.1, 0.15) is 5.75 Å². The summed E-state index contributed by atoms with van der Waals surface area (Å²) in [6.45, 7) is 2.25. The number of hydrogen-bond donors (Lipinski definition) is 2. The molecule has 2 aromatic carbocycles. The predicted molar refractivity (Wildman–Crippen MR) is 93.2 cm³/mol. The number of rotatable bonds is 9. The number of carbonyl (C=O) groups excluding carboxylic acids is 1. The molecule has 0 spiro atoms. The molecule has 1 amide bonds. The maximum atomic E-state index is 12.1. The second-order valence-corrected chi connectivity index (χ2v) is 5.73. The minimum Gasteiger partial charge on any atom is -0.481 e. The smallest absolute Gasteiger partial charge is 0.303 e. The summed E-state index contributed by atoms with van der Waals surface area (Å²) >= 11 is 0. The van der Waals surface area contributed by atoms with Gasteiger partial charge < -0.3 is 15.2 Å². The van der Waals surface area contributed by atoms with E-state index in [-0.39, 0.29) is 12.3 Å². The molecule has 128 valence electrons. The lowest BCUT2D eigenvalue weighted by Gasteiger charge is -2.16. The van der Waals surface area contributed by atoms with E-state index in [4.69, 9.17) is 9.84 Å². The minimum atomic E-state index is -0.781. The highest BCUT2D eigenvalue weighted by atomic mass is 16.5. The maximum absolute atomic E-state index is 12.1. The van der Waals surface area contributed by atoms with Crippen molar-refractivity contribution in [3.8, 4) is 5.75 Å². The molecule has 24 heavy (non-hydrogen) atoms. The molecule has 0 heterocycles. The van der Waals surface area contributed by atoms with Crippen LogP contribution in [0.25, 0.3) is 10.8 Å². The maximum Gasteiger partial charge on any atom is 0.303 e. The van der Waals surface area contributed by atoms with Crippen LogP contribution in [0.5, 0.6) is 5.75 Å². The Morgan fingerprint density at radius 3 is 2.62 bits per heavy atom. The second-order valence-electron chi connectivity index (χ2n) is 5.73. The molecule has 1 atom stereocenters. The van der Waals surface area contributed by atoms with Gasteiger partial charge in [-0.25, -0.2) is 0 Å².